The lowest BCUT2D eigenvalue weighted by Crippen LogP contribution is -2.25. The van der Waals surface area contributed by atoms with Gasteiger partial charge in [0.1, 0.15) is 16.6 Å². The van der Waals surface area contributed by atoms with Crippen molar-refractivity contribution in [2.24, 2.45) is 11.3 Å². The summed E-state index contributed by atoms with van der Waals surface area (Å²) >= 11 is 3.34. The number of aliphatic hydroxyl groups is 1. The molecule has 1 aromatic rings. The third-order valence-corrected chi connectivity index (χ3v) is 3.03. The van der Waals surface area contributed by atoms with E-state index in [9.17, 15) is 5.11 Å². The van der Waals surface area contributed by atoms with Gasteiger partial charge >= 0.3 is 0 Å². The first-order valence-corrected chi connectivity index (χ1v) is 6.52. The van der Waals surface area contributed by atoms with Crippen LogP contribution in [0.1, 0.15) is 27.2 Å². The number of halogens is 1. The molecule has 0 amide bonds. The molecule has 0 aliphatic heterocycles. The lowest BCUT2D eigenvalue weighted by molar-refractivity contribution is 0.132. The second kappa shape index (κ2) is 6.31. The zero-order valence-corrected chi connectivity index (χ0v) is 12.5. The molecular weight excluding hydrogens is 298 g/mol. The topological polar surface area (TPSA) is 96.1 Å². The van der Waals surface area contributed by atoms with Crippen LogP contribution in [0.5, 0.6) is 0 Å². The third kappa shape index (κ3) is 4.75. The maximum Gasteiger partial charge on any atom is 0.159 e. The van der Waals surface area contributed by atoms with Crippen molar-refractivity contribution in [3.8, 4) is 0 Å². The fourth-order valence-corrected chi connectivity index (χ4v) is 2.05. The Morgan fingerprint density at radius 1 is 1.39 bits per heavy atom. The van der Waals surface area contributed by atoms with Crippen molar-refractivity contribution in [3.63, 3.8) is 0 Å². The van der Waals surface area contributed by atoms with E-state index in [1.165, 1.54) is 6.33 Å². The molecule has 0 saturated heterocycles. The number of anilines is 2. The Hall–Kier alpha value is -0.920. The van der Waals surface area contributed by atoms with Crippen LogP contribution >= 0.6 is 15.9 Å². The third-order valence-electron chi connectivity index (χ3n) is 2.28. The number of nitrogen functional groups attached to an aromatic ring is 1. The molecule has 0 bridgehead atoms. The summed E-state index contributed by atoms with van der Waals surface area (Å²) in [6.07, 6.45) is 1.68. The lowest BCUT2D eigenvalue weighted by Gasteiger charge is -2.22. The smallest absolute Gasteiger partial charge is 0.159 e. The molecule has 102 valence electrons. The summed E-state index contributed by atoms with van der Waals surface area (Å²) < 4.78 is 0.649. The standard InChI is InChI=1S/C11H20BrN5O/c1-11(2,3)4-7(18)5-14-9-8(12)10(17-13)16-6-15-9/h6-7,18H,4-5,13H2,1-3H3,(H2,14,15,16,17). The molecule has 1 rings (SSSR count). The highest BCUT2D eigenvalue weighted by Crippen LogP contribution is 2.26. The van der Waals surface area contributed by atoms with E-state index in [1.807, 2.05) is 0 Å². The largest absolute Gasteiger partial charge is 0.391 e. The zero-order chi connectivity index (χ0) is 13.8. The molecule has 6 nitrogen and oxygen atoms in total. The van der Waals surface area contributed by atoms with Crippen molar-refractivity contribution in [3.05, 3.63) is 10.8 Å². The van der Waals surface area contributed by atoms with Crippen molar-refractivity contribution in [1.82, 2.24) is 9.97 Å². The minimum Gasteiger partial charge on any atom is -0.391 e. The molecule has 0 spiro atoms. The fourth-order valence-electron chi connectivity index (χ4n) is 1.59. The number of nitrogens with zero attached hydrogens (tertiary/aromatic N) is 2. The monoisotopic (exact) mass is 317 g/mol. The molecule has 1 unspecified atom stereocenters. The number of rotatable bonds is 5. The van der Waals surface area contributed by atoms with Crippen molar-refractivity contribution in [1.29, 1.82) is 0 Å². The van der Waals surface area contributed by atoms with E-state index in [0.717, 1.165) is 0 Å². The normalized spacial score (nSPS) is 13.2. The highest BCUT2D eigenvalue weighted by Gasteiger charge is 2.17. The molecule has 1 heterocycles. The first-order chi connectivity index (χ1) is 8.33. The average Bonchev–Trinajstić information content (AvgIpc) is 2.25. The van der Waals surface area contributed by atoms with E-state index >= 15 is 0 Å². The molecule has 18 heavy (non-hydrogen) atoms. The van der Waals surface area contributed by atoms with Crippen molar-refractivity contribution in [2.45, 2.75) is 33.3 Å². The van der Waals surface area contributed by atoms with E-state index in [4.69, 9.17) is 5.84 Å². The SMILES string of the molecule is CC(C)(C)CC(O)CNc1ncnc(NN)c1Br. The van der Waals surface area contributed by atoms with Crippen LogP contribution in [0.25, 0.3) is 0 Å². The number of hydrogen-bond acceptors (Lipinski definition) is 6. The van der Waals surface area contributed by atoms with E-state index < -0.39 is 6.10 Å². The highest BCUT2D eigenvalue weighted by atomic mass is 79.9. The van der Waals surface area contributed by atoms with Gasteiger partial charge in [0, 0.05) is 6.54 Å². The van der Waals surface area contributed by atoms with Crippen LogP contribution in [0.4, 0.5) is 11.6 Å². The van der Waals surface area contributed by atoms with E-state index in [1.54, 1.807) is 0 Å². The Labute approximate surface area is 115 Å². The molecular formula is C11H20BrN5O. The molecule has 1 atom stereocenters. The number of hydrogen-bond donors (Lipinski definition) is 4. The summed E-state index contributed by atoms with van der Waals surface area (Å²) in [6.45, 7) is 6.70. The molecule has 0 aliphatic rings. The van der Waals surface area contributed by atoms with Crippen molar-refractivity contribution < 1.29 is 5.11 Å². The number of nitrogens with one attached hydrogen (secondary N) is 2. The van der Waals surface area contributed by atoms with Crippen LogP contribution in [-0.4, -0.2) is 27.7 Å². The van der Waals surface area contributed by atoms with Crippen LogP contribution in [-0.2, 0) is 0 Å². The Bertz CT molecular complexity index is 394. The highest BCUT2D eigenvalue weighted by molar-refractivity contribution is 9.10. The minimum absolute atomic E-state index is 0.0912. The lowest BCUT2D eigenvalue weighted by atomic mass is 9.89. The van der Waals surface area contributed by atoms with Crippen LogP contribution in [0, 0.1) is 5.41 Å². The Morgan fingerprint density at radius 3 is 2.56 bits per heavy atom. The van der Waals surface area contributed by atoms with Gasteiger partial charge in [0.2, 0.25) is 0 Å². The maximum absolute atomic E-state index is 9.90. The summed E-state index contributed by atoms with van der Waals surface area (Å²) in [5.41, 5.74) is 2.55. The summed E-state index contributed by atoms with van der Waals surface area (Å²) in [6, 6.07) is 0. The second-order valence-corrected chi connectivity index (χ2v) is 6.12. The first kappa shape index (κ1) is 15.1. The predicted molar refractivity (Wildman–Crippen MR) is 76.1 cm³/mol. The molecule has 0 radical (unpaired) electrons. The predicted octanol–water partition coefficient (Wildman–Crippen LogP) is 1.73. The number of aliphatic hydroxyl groups excluding tert-OH is 1. The summed E-state index contributed by atoms with van der Waals surface area (Å²) in [7, 11) is 0. The Kier molecular flexibility index (Phi) is 5.30. The van der Waals surface area contributed by atoms with Crippen LogP contribution < -0.4 is 16.6 Å². The quantitative estimate of drug-likeness (QED) is 0.488. The van der Waals surface area contributed by atoms with Gasteiger partial charge in [-0.2, -0.15) is 0 Å². The molecule has 0 aliphatic carbocycles. The van der Waals surface area contributed by atoms with Crippen molar-refractivity contribution in [2.75, 3.05) is 17.3 Å². The van der Waals surface area contributed by atoms with E-state index in [0.29, 0.717) is 29.1 Å². The van der Waals surface area contributed by atoms with Gasteiger partial charge < -0.3 is 15.8 Å². The van der Waals surface area contributed by atoms with Gasteiger partial charge in [-0.05, 0) is 27.8 Å². The van der Waals surface area contributed by atoms with Crippen LogP contribution in [0.2, 0.25) is 0 Å². The zero-order valence-electron chi connectivity index (χ0n) is 10.9. The Morgan fingerprint density at radius 2 is 2.00 bits per heavy atom. The summed E-state index contributed by atoms with van der Waals surface area (Å²) in [4.78, 5) is 8.03. The molecule has 0 fully saturated rings. The van der Waals surface area contributed by atoms with Gasteiger partial charge in [0.15, 0.2) is 5.82 Å². The number of hydrazine groups is 1. The molecule has 7 heteroatoms. The molecule has 1 aromatic heterocycles. The van der Waals surface area contributed by atoms with Gasteiger partial charge in [-0.3, -0.25) is 0 Å². The van der Waals surface area contributed by atoms with E-state index in [-0.39, 0.29) is 5.41 Å². The molecule has 0 saturated carbocycles. The second-order valence-electron chi connectivity index (χ2n) is 5.33. The molecule has 0 aromatic carbocycles. The van der Waals surface area contributed by atoms with Gasteiger partial charge in [-0.15, -0.1) is 0 Å². The van der Waals surface area contributed by atoms with Crippen molar-refractivity contribution >= 4 is 27.6 Å². The number of aromatic nitrogens is 2. The summed E-state index contributed by atoms with van der Waals surface area (Å²) in [5.74, 6) is 6.41. The van der Waals surface area contributed by atoms with Gasteiger partial charge in [-0.1, -0.05) is 20.8 Å². The van der Waals surface area contributed by atoms with Gasteiger partial charge in [-0.25, -0.2) is 15.8 Å². The van der Waals surface area contributed by atoms with Gasteiger partial charge in [0.05, 0.1) is 6.10 Å². The summed E-state index contributed by atoms with van der Waals surface area (Å²) in [5, 5.41) is 13.0. The number of nitrogens with two attached hydrogens (primary N) is 1. The minimum atomic E-state index is -0.429. The van der Waals surface area contributed by atoms with E-state index in [2.05, 4.69) is 57.4 Å². The van der Waals surface area contributed by atoms with Crippen LogP contribution in [0.15, 0.2) is 10.8 Å². The van der Waals surface area contributed by atoms with Crippen LogP contribution in [0.3, 0.4) is 0 Å². The maximum atomic E-state index is 9.90. The average molecular weight is 318 g/mol. The Balaban J connectivity index is 2.58. The molecule has 5 N–H and O–H groups in total. The fraction of sp³-hybridized carbons (Fsp3) is 0.636. The first-order valence-electron chi connectivity index (χ1n) is 5.72. The van der Waals surface area contributed by atoms with Gasteiger partial charge in [0.25, 0.3) is 0 Å².